The molecule has 2 aliphatic heterocycles. The summed E-state index contributed by atoms with van der Waals surface area (Å²) < 4.78 is 10.7. The fraction of sp³-hybridized carbons (Fsp3) is 0.636. The first-order valence-corrected chi connectivity index (χ1v) is 5.51. The number of ketones is 1. The number of rotatable bonds is 4. The Morgan fingerprint density at radius 1 is 1.50 bits per heavy atom. The Morgan fingerprint density at radius 2 is 2.31 bits per heavy atom. The summed E-state index contributed by atoms with van der Waals surface area (Å²) in [7, 11) is 0. The summed E-state index contributed by atoms with van der Waals surface area (Å²) in [6.07, 6.45) is 3.98. The van der Waals surface area contributed by atoms with E-state index in [9.17, 15) is 4.79 Å². The van der Waals surface area contributed by atoms with Gasteiger partial charge in [0.1, 0.15) is 0 Å². The number of nitrogens with zero attached hydrogens (tertiary/aromatic N) is 2. The molecular weight excluding hydrogens is 208 g/mol. The van der Waals surface area contributed by atoms with E-state index in [1.54, 1.807) is 6.21 Å². The molecule has 1 atom stereocenters. The quantitative estimate of drug-likeness (QED) is 0.667. The maximum absolute atomic E-state index is 11.3. The molecule has 88 valence electrons. The smallest absolute Gasteiger partial charge is 0.191 e. The Kier molecular flexibility index (Phi) is 4.21. The maximum Gasteiger partial charge on any atom is 0.191 e. The summed E-state index contributed by atoms with van der Waals surface area (Å²) in [4.78, 5) is 17.5. The zero-order valence-corrected chi connectivity index (χ0v) is 9.17. The Hall–Kier alpha value is -1.04. The van der Waals surface area contributed by atoms with E-state index in [-0.39, 0.29) is 5.78 Å². The van der Waals surface area contributed by atoms with Gasteiger partial charge in [0.2, 0.25) is 0 Å². The van der Waals surface area contributed by atoms with Crippen molar-refractivity contribution in [1.82, 2.24) is 4.90 Å². The van der Waals surface area contributed by atoms with Crippen molar-refractivity contribution in [3.8, 4) is 0 Å². The second-order valence-corrected chi connectivity index (χ2v) is 3.76. The fourth-order valence-corrected chi connectivity index (χ4v) is 1.67. The average molecular weight is 224 g/mol. The third-order valence-corrected chi connectivity index (χ3v) is 2.64. The van der Waals surface area contributed by atoms with E-state index in [1.807, 2.05) is 0 Å². The summed E-state index contributed by atoms with van der Waals surface area (Å²) in [6.45, 7) is 4.84. The first kappa shape index (κ1) is 11.4. The maximum atomic E-state index is 11.3. The summed E-state index contributed by atoms with van der Waals surface area (Å²) in [5.74, 6) is -0.0306. The third kappa shape index (κ3) is 3.23. The number of aliphatic imine (C=N–C) groups is 1. The van der Waals surface area contributed by atoms with Gasteiger partial charge in [0.25, 0.3) is 0 Å². The van der Waals surface area contributed by atoms with Crippen molar-refractivity contribution < 1.29 is 14.3 Å². The van der Waals surface area contributed by atoms with Gasteiger partial charge in [-0.3, -0.25) is 14.7 Å². The van der Waals surface area contributed by atoms with Crippen molar-refractivity contribution >= 4 is 12.0 Å². The van der Waals surface area contributed by atoms with Crippen LogP contribution in [0.4, 0.5) is 0 Å². The molecular formula is C11H16N2O3. The predicted octanol–water partition coefficient (Wildman–Crippen LogP) is -0.129. The van der Waals surface area contributed by atoms with Gasteiger partial charge in [0.15, 0.2) is 11.9 Å². The van der Waals surface area contributed by atoms with Gasteiger partial charge in [-0.2, -0.15) is 0 Å². The molecule has 5 nitrogen and oxygen atoms in total. The van der Waals surface area contributed by atoms with Crippen molar-refractivity contribution in [1.29, 1.82) is 0 Å². The van der Waals surface area contributed by atoms with Crippen LogP contribution < -0.4 is 0 Å². The lowest BCUT2D eigenvalue weighted by Gasteiger charge is -2.26. The van der Waals surface area contributed by atoms with Gasteiger partial charge in [-0.15, -0.1) is 0 Å². The minimum atomic E-state index is -0.494. The molecule has 1 saturated heterocycles. The average Bonchev–Trinajstić information content (AvgIpc) is 2.33. The topological polar surface area (TPSA) is 51.1 Å². The number of morpholine rings is 1. The van der Waals surface area contributed by atoms with Crippen LogP contribution in [-0.4, -0.2) is 62.5 Å². The molecule has 0 amide bonds. The molecule has 1 fully saturated rings. The number of hydrogen-bond acceptors (Lipinski definition) is 5. The van der Waals surface area contributed by atoms with Crippen LogP contribution in [0.15, 0.2) is 17.3 Å². The minimum absolute atomic E-state index is 0.0306. The monoisotopic (exact) mass is 224 g/mol. The van der Waals surface area contributed by atoms with E-state index in [4.69, 9.17) is 9.47 Å². The van der Waals surface area contributed by atoms with Gasteiger partial charge in [-0.05, 0) is 0 Å². The molecule has 2 heterocycles. The molecule has 0 bridgehead atoms. The third-order valence-electron chi connectivity index (χ3n) is 2.64. The largest absolute Gasteiger partial charge is 0.379 e. The zero-order valence-electron chi connectivity index (χ0n) is 9.17. The van der Waals surface area contributed by atoms with Crippen LogP contribution in [0, 0.1) is 0 Å². The standard InChI is InChI=1S/C11H16N2O3/c14-10-1-2-12-9-11(10)16-8-5-13-3-6-15-7-4-13/h1-2,9,11H,3-8H2. The molecule has 1 unspecified atom stereocenters. The highest BCUT2D eigenvalue weighted by atomic mass is 16.5. The molecule has 2 rings (SSSR count). The van der Waals surface area contributed by atoms with Crippen LogP contribution in [0.5, 0.6) is 0 Å². The van der Waals surface area contributed by atoms with Gasteiger partial charge in [0, 0.05) is 38.1 Å². The summed E-state index contributed by atoms with van der Waals surface area (Å²) in [6, 6.07) is 0. The fourth-order valence-electron chi connectivity index (χ4n) is 1.67. The Labute approximate surface area is 94.7 Å². The van der Waals surface area contributed by atoms with Gasteiger partial charge in [0.05, 0.1) is 19.8 Å². The van der Waals surface area contributed by atoms with Crippen molar-refractivity contribution in [3.05, 3.63) is 12.3 Å². The summed E-state index contributed by atoms with van der Waals surface area (Å²) >= 11 is 0. The van der Waals surface area contributed by atoms with Crippen LogP contribution in [0.2, 0.25) is 0 Å². The van der Waals surface area contributed by atoms with Crippen LogP contribution in [0.3, 0.4) is 0 Å². The minimum Gasteiger partial charge on any atom is -0.379 e. The molecule has 16 heavy (non-hydrogen) atoms. The molecule has 0 spiro atoms. The second kappa shape index (κ2) is 5.89. The van der Waals surface area contributed by atoms with Gasteiger partial charge in [-0.1, -0.05) is 0 Å². The zero-order chi connectivity index (χ0) is 11.2. The molecule has 0 N–H and O–H groups in total. The lowest BCUT2D eigenvalue weighted by molar-refractivity contribution is -0.122. The molecule has 0 aliphatic carbocycles. The Bertz CT molecular complexity index is 296. The van der Waals surface area contributed by atoms with Crippen molar-refractivity contribution in [2.45, 2.75) is 6.10 Å². The van der Waals surface area contributed by atoms with E-state index in [0.29, 0.717) is 6.61 Å². The molecule has 5 heteroatoms. The van der Waals surface area contributed by atoms with E-state index in [1.165, 1.54) is 12.3 Å². The molecule has 2 aliphatic rings. The molecule has 0 radical (unpaired) electrons. The van der Waals surface area contributed by atoms with Crippen molar-refractivity contribution in [2.24, 2.45) is 4.99 Å². The molecule has 0 aromatic heterocycles. The first-order chi connectivity index (χ1) is 7.86. The van der Waals surface area contributed by atoms with E-state index in [2.05, 4.69) is 9.89 Å². The molecule has 0 aromatic carbocycles. The van der Waals surface area contributed by atoms with Crippen LogP contribution >= 0.6 is 0 Å². The highest BCUT2D eigenvalue weighted by Gasteiger charge is 2.17. The normalized spacial score (nSPS) is 26.2. The first-order valence-electron chi connectivity index (χ1n) is 5.51. The molecule has 0 aromatic rings. The number of carbonyl (C=O) groups excluding carboxylic acids is 1. The number of carbonyl (C=O) groups is 1. The number of hydrogen-bond donors (Lipinski definition) is 0. The van der Waals surface area contributed by atoms with Gasteiger partial charge >= 0.3 is 0 Å². The summed E-state index contributed by atoms with van der Waals surface area (Å²) in [5, 5.41) is 0. The van der Waals surface area contributed by atoms with Crippen LogP contribution in [-0.2, 0) is 14.3 Å². The Morgan fingerprint density at radius 3 is 3.06 bits per heavy atom. The van der Waals surface area contributed by atoms with Gasteiger partial charge < -0.3 is 9.47 Å². The molecule has 0 saturated carbocycles. The Balaban J connectivity index is 1.65. The second-order valence-electron chi connectivity index (χ2n) is 3.76. The van der Waals surface area contributed by atoms with Crippen LogP contribution in [0.25, 0.3) is 0 Å². The van der Waals surface area contributed by atoms with E-state index >= 15 is 0 Å². The van der Waals surface area contributed by atoms with E-state index < -0.39 is 6.10 Å². The van der Waals surface area contributed by atoms with Crippen molar-refractivity contribution in [3.63, 3.8) is 0 Å². The highest BCUT2D eigenvalue weighted by molar-refractivity contribution is 6.06. The van der Waals surface area contributed by atoms with Crippen LogP contribution in [0.1, 0.15) is 0 Å². The lowest BCUT2D eigenvalue weighted by atomic mass is 10.2. The predicted molar refractivity (Wildman–Crippen MR) is 59.6 cm³/mol. The van der Waals surface area contributed by atoms with Crippen molar-refractivity contribution in [2.75, 3.05) is 39.5 Å². The highest BCUT2D eigenvalue weighted by Crippen LogP contribution is 2.01. The SMILES string of the molecule is O=C1C=CN=CC1OCCN1CCOCC1. The summed E-state index contributed by atoms with van der Waals surface area (Å²) in [5.41, 5.74) is 0. The lowest BCUT2D eigenvalue weighted by Crippen LogP contribution is -2.39. The van der Waals surface area contributed by atoms with Gasteiger partial charge in [-0.25, -0.2) is 0 Å². The van der Waals surface area contributed by atoms with E-state index in [0.717, 1.165) is 32.8 Å². The number of ether oxygens (including phenoxy) is 2.